The average Bonchev–Trinajstić information content (AvgIpc) is 3.00. The van der Waals surface area contributed by atoms with Crippen LogP contribution < -0.4 is 9.64 Å². The molecular weight excluding hydrogens is 321 g/mol. The van der Waals surface area contributed by atoms with Crippen molar-refractivity contribution in [1.82, 2.24) is 9.97 Å². The number of fused-ring (bicyclic) bond motifs is 1. The van der Waals surface area contributed by atoms with Crippen LogP contribution in [0.1, 0.15) is 10.4 Å². The van der Waals surface area contributed by atoms with Gasteiger partial charge in [0.15, 0.2) is 0 Å². The number of rotatable bonds is 3. The highest BCUT2D eigenvalue weighted by molar-refractivity contribution is 6.32. The summed E-state index contributed by atoms with van der Waals surface area (Å²) in [4.78, 5) is 21.0. The van der Waals surface area contributed by atoms with Crippen molar-refractivity contribution in [3.05, 3.63) is 53.1 Å². The molecule has 0 radical (unpaired) electrons. The molecule has 0 aliphatic heterocycles. The van der Waals surface area contributed by atoms with Gasteiger partial charge in [0.05, 0.1) is 29.5 Å². The van der Waals surface area contributed by atoms with Crippen LogP contribution in [0.15, 0.2) is 36.7 Å². The van der Waals surface area contributed by atoms with E-state index in [0.29, 0.717) is 27.5 Å². The number of aromatic nitrogens is 2. The van der Waals surface area contributed by atoms with Crippen LogP contribution in [0.5, 0.6) is 5.75 Å². The summed E-state index contributed by atoms with van der Waals surface area (Å²) in [6.07, 6.45) is 1.42. The van der Waals surface area contributed by atoms with Crippen LogP contribution in [0.3, 0.4) is 0 Å². The van der Waals surface area contributed by atoms with Crippen molar-refractivity contribution >= 4 is 34.2 Å². The van der Waals surface area contributed by atoms with E-state index in [1.54, 1.807) is 25.2 Å². The lowest BCUT2D eigenvalue weighted by molar-refractivity contribution is 0.0994. The Balaban J connectivity index is 2.01. The first-order valence-corrected chi connectivity index (χ1v) is 7.13. The van der Waals surface area contributed by atoms with Crippen LogP contribution in [-0.2, 0) is 0 Å². The molecule has 1 amide bonds. The fourth-order valence-electron chi connectivity index (χ4n) is 2.34. The van der Waals surface area contributed by atoms with Crippen LogP contribution in [0.25, 0.3) is 11.0 Å². The van der Waals surface area contributed by atoms with Crippen molar-refractivity contribution in [2.75, 3.05) is 19.1 Å². The molecule has 7 heteroatoms. The summed E-state index contributed by atoms with van der Waals surface area (Å²) in [6, 6.07) is 7.44. The molecule has 3 rings (SSSR count). The lowest BCUT2D eigenvalue weighted by Gasteiger charge is -2.18. The quantitative estimate of drug-likeness (QED) is 0.796. The molecular formula is C16H13ClFN3O2. The number of nitrogens with zero attached hydrogens (tertiary/aromatic N) is 2. The van der Waals surface area contributed by atoms with E-state index < -0.39 is 5.82 Å². The summed E-state index contributed by atoms with van der Waals surface area (Å²) in [5, 5.41) is 0.383. The largest absolute Gasteiger partial charge is 0.495 e. The van der Waals surface area contributed by atoms with Gasteiger partial charge in [-0.1, -0.05) is 11.6 Å². The van der Waals surface area contributed by atoms with Crippen LogP contribution in [0.2, 0.25) is 5.02 Å². The number of nitrogens with one attached hydrogen (secondary N) is 1. The van der Waals surface area contributed by atoms with Crippen molar-refractivity contribution in [3.63, 3.8) is 0 Å². The van der Waals surface area contributed by atoms with E-state index in [-0.39, 0.29) is 11.5 Å². The van der Waals surface area contributed by atoms with E-state index in [4.69, 9.17) is 16.3 Å². The van der Waals surface area contributed by atoms with Crippen molar-refractivity contribution in [2.45, 2.75) is 0 Å². The van der Waals surface area contributed by atoms with Gasteiger partial charge in [-0.2, -0.15) is 0 Å². The maximum absolute atomic E-state index is 13.7. The second-order valence-corrected chi connectivity index (χ2v) is 5.34. The first-order valence-electron chi connectivity index (χ1n) is 6.75. The van der Waals surface area contributed by atoms with Gasteiger partial charge in [0, 0.05) is 12.7 Å². The van der Waals surface area contributed by atoms with Crippen LogP contribution in [0, 0.1) is 5.82 Å². The molecule has 0 aliphatic carbocycles. The molecule has 0 bridgehead atoms. The third-order valence-electron chi connectivity index (χ3n) is 3.55. The highest BCUT2D eigenvalue weighted by atomic mass is 35.5. The van der Waals surface area contributed by atoms with Crippen LogP contribution >= 0.6 is 11.6 Å². The number of methoxy groups -OCH3 is 1. The molecule has 0 spiro atoms. The number of hydrogen-bond acceptors (Lipinski definition) is 3. The zero-order valence-electron chi connectivity index (χ0n) is 12.4. The summed E-state index contributed by atoms with van der Waals surface area (Å²) in [6.45, 7) is 0. The van der Waals surface area contributed by atoms with Crippen molar-refractivity contribution in [3.8, 4) is 5.75 Å². The maximum atomic E-state index is 13.7. The first kappa shape index (κ1) is 15.3. The predicted molar refractivity (Wildman–Crippen MR) is 86.8 cm³/mol. The lowest BCUT2D eigenvalue weighted by atomic mass is 10.1. The zero-order chi connectivity index (χ0) is 16.6. The number of H-pyrrole nitrogens is 1. The van der Waals surface area contributed by atoms with E-state index in [1.165, 1.54) is 30.5 Å². The molecule has 0 fully saturated rings. The number of carbonyl (C=O) groups excluding carboxylic acids is 1. The van der Waals surface area contributed by atoms with Gasteiger partial charge in [0.25, 0.3) is 5.91 Å². The van der Waals surface area contributed by atoms with Gasteiger partial charge in [0.1, 0.15) is 17.1 Å². The number of carbonyl (C=O) groups is 1. The number of aromatic amines is 1. The molecule has 5 nitrogen and oxygen atoms in total. The Hall–Kier alpha value is -2.60. The molecule has 0 unspecified atom stereocenters. The third kappa shape index (κ3) is 2.73. The monoisotopic (exact) mass is 333 g/mol. The summed E-state index contributed by atoms with van der Waals surface area (Å²) in [5.41, 5.74) is 1.63. The number of anilines is 1. The number of halogens is 2. The number of ether oxygens (including phenoxy) is 1. The standard InChI is InChI=1S/C16H13ClFN3O2/c1-21(10-3-4-14(23-2)12(17)7-10)16(22)11-5-9(18)6-13-15(11)20-8-19-13/h3-8H,1-2H3,(H,19,20). The smallest absolute Gasteiger partial charge is 0.260 e. The summed E-state index contributed by atoms with van der Waals surface area (Å²) < 4.78 is 18.8. The number of amides is 1. The summed E-state index contributed by atoms with van der Waals surface area (Å²) in [7, 11) is 3.10. The minimum atomic E-state index is -0.508. The van der Waals surface area contributed by atoms with Gasteiger partial charge in [-0.15, -0.1) is 0 Å². The molecule has 0 atom stereocenters. The van der Waals surface area contributed by atoms with E-state index in [2.05, 4.69) is 9.97 Å². The highest BCUT2D eigenvalue weighted by Gasteiger charge is 2.19. The number of hydrogen-bond donors (Lipinski definition) is 1. The van der Waals surface area contributed by atoms with Crippen LogP contribution in [-0.4, -0.2) is 30.0 Å². The molecule has 0 saturated carbocycles. The van der Waals surface area contributed by atoms with Gasteiger partial charge in [0.2, 0.25) is 0 Å². The Morgan fingerprint density at radius 2 is 2.13 bits per heavy atom. The number of imidazole rings is 1. The first-order chi connectivity index (χ1) is 11.0. The normalized spacial score (nSPS) is 10.8. The predicted octanol–water partition coefficient (Wildman–Crippen LogP) is 3.64. The summed E-state index contributed by atoms with van der Waals surface area (Å²) in [5.74, 6) is -0.384. The van der Waals surface area contributed by atoms with E-state index in [1.807, 2.05) is 0 Å². The summed E-state index contributed by atoms with van der Waals surface area (Å²) >= 11 is 6.09. The Morgan fingerprint density at radius 3 is 2.83 bits per heavy atom. The fourth-order valence-corrected chi connectivity index (χ4v) is 2.59. The third-order valence-corrected chi connectivity index (χ3v) is 3.84. The molecule has 23 heavy (non-hydrogen) atoms. The molecule has 0 aliphatic rings. The Kier molecular flexibility index (Phi) is 3.92. The van der Waals surface area contributed by atoms with Crippen molar-refractivity contribution in [2.24, 2.45) is 0 Å². The SMILES string of the molecule is COc1ccc(N(C)C(=O)c2cc(F)cc3[nH]cnc23)cc1Cl. The Morgan fingerprint density at radius 1 is 1.35 bits per heavy atom. The molecule has 3 aromatic rings. The minimum absolute atomic E-state index is 0.177. The Bertz CT molecular complexity index is 894. The zero-order valence-corrected chi connectivity index (χ0v) is 13.2. The molecule has 1 aromatic heterocycles. The average molecular weight is 334 g/mol. The van der Waals surface area contributed by atoms with Gasteiger partial charge < -0.3 is 14.6 Å². The minimum Gasteiger partial charge on any atom is -0.495 e. The number of benzene rings is 2. The van der Waals surface area contributed by atoms with Gasteiger partial charge in [-0.3, -0.25) is 4.79 Å². The topological polar surface area (TPSA) is 58.2 Å². The van der Waals surface area contributed by atoms with Gasteiger partial charge >= 0.3 is 0 Å². The van der Waals surface area contributed by atoms with E-state index in [9.17, 15) is 9.18 Å². The Labute approximate surface area is 136 Å². The molecule has 1 N–H and O–H groups in total. The highest BCUT2D eigenvalue weighted by Crippen LogP contribution is 2.30. The van der Waals surface area contributed by atoms with Crippen LogP contribution in [0.4, 0.5) is 10.1 Å². The second-order valence-electron chi connectivity index (χ2n) is 4.94. The maximum Gasteiger partial charge on any atom is 0.260 e. The molecule has 2 aromatic carbocycles. The van der Waals surface area contributed by atoms with Crippen molar-refractivity contribution in [1.29, 1.82) is 0 Å². The van der Waals surface area contributed by atoms with E-state index >= 15 is 0 Å². The molecule has 0 saturated heterocycles. The van der Waals surface area contributed by atoms with E-state index in [0.717, 1.165) is 0 Å². The van der Waals surface area contributed by atoms with Crippen molar-refractivity contribution < 1.29 is 13.9 Å². The molecule has 1 heterocycles. The molecule has 118 valence electrons. The van der Waals surface area contributed by atoms with Gasteiger partial charge in [-0.05, 0) is 30.3 Å². The fraction of sp³-hybridized carbons (Fsp3) is 0.125. The second kappa shape index (κ2) is 5.89. The lowest BCUT2D eigenvalue weighted by Crippen LogP contribution is -2.26. The van der Waals surface area contributed by atoms with Gasteiger partial charge in [-0.25, -0.2) is 9.37 Å².